The van der Waals surface area contributed by atoms with Crippen LogP contribution in [0.4, 0.5) is 22.2 Å². The van der Waals surface area contributed by atoms with E-state index in [2.05, 4.69) is 20.2 Å². The Bertz CT molecular complexity index is 1330. The molecule has 4 heterocycles. The maximum Gasteiger partial charge on any atom is 0.335 e. The molecule has 2 aliphatic heterocycles. The van der Waals surface area contributed by atoms with Crippen LogP contribution in [0.2, 0.25) is 0 Å². The van der Waals surface area contributed by atoms with E-state index in [0.29, 0.717) is 50.2 Å². The molecule has 0 spiro atoms. The molecule has 35 heavy (non-hydrogen) atoms. The van der Waals surface area contributed by atoms with E-state index in [-0.39, 0.29) is 23.1 Å². The summed E-state index contributed by atoms with van der Waals surface area (Å²) in [6, 6.07) is 5.82. The van der Waals surface area contributed by atoms with Gasteiger partial charge in [0.1, 0.15) is 17.3 Å². The number of carboxylic acids is 1. The van der Waals surface area contributed by atoms with Crippen molar-refractivity contribution in [1.82, 2.24) is 14.9 Å². The van der Waals surface area contributed by atoms with Gasteiger partial charge in [-0.25, -0.2) is 19.6 Å². The predicted octanol–water partition coefficient (Wildman–Crippen LogP) is 2.88. The fourth-order valence-corrected chi connectivity index (χ4v) is 4.98. The first-order chi connectivity index (χ1) is 16.7. The Morgan fingerprint density at radius 2 is 1.86 bits per heavy atom. The number of aliphatic imine (C=N–C) groups is 1. The van der Waals surface area contributed by atoms with Gasteiger partial charge in [0.05, 0.1) is 22.1 Å². The number of aromatic carboxylic acids is 1. The number of anilines is 3. The Morgan fingerprint density at radius 1 is 1.14 bits per heavy atom. The normalized spacial score (nSPS) is 17.3. The first-order valence-corrected chi connectivity index (χ1v) is 12.0. The maximum absolute atomic E-state index is 12.7. The number of amides is 2. The summed E-state index contributed by atoms with van der Waals surface area (Å²) >= 11 is 1.47. The summed E-state index contributed by atoms with van der Waals surface area (Å²) in [6.07, 6.45) is 0. The van der Waals surface area contributed by atoms with Crippen molar-refractivity contribution in [1.29, 1.82) is 0 Å². The molecule has 3 aromatic rings. The fourth-order valence-electron chi connectivity index (χ4n) is 4.07. The van der Waals surface area contributed by atoms with Gasteiger partial charge in [0.15, 0.2) is 0 Å². The van der Waals surface area contributed by atoms with E-state index in [4.69, 9.17) is 20.6 Å². The number of carboxylic acid groups (broad SMARTS) is 1. The van der Waals surface area contributed by atoms with Crippen LogP contribution in [0.25, 0.3) is 10.2 Å². The second-order valence-corrected chi connectivity index (χ2v) is 9.90. The number of nitrogens with two attached hydrogens (primary N) is 1. The lowest BCUT2D eigenvalue weighted by molar-refractivity contribution is 0.0697. The molecule has 0 bridgehead atoms. The second kappa shape index (κ2) is 8.69. The van der Waals surface area contributed by atoms with Crippen molar-refractivity contribution < 1.29 is 19.4 Å². The third-order valence-electron chi connectivity index (χ3n) is 5.88. The zero-order valence-corrected chi connectivity index (χ0v) is 20.1. The molecule has 1 aromatic carbocycles. The van der Waals surface area contributed by atoms with Crippen molar-refractivity contribution in [2.75, 3.05) is 48.7 Å². The largest absolute Gasteiger partial charge is 0.478 e. The first kappa shape index (κ1) is 22.8. The lowest BCUT2D eigenvalue weighted by Crippen LogP contribution is -2.50. The van der Waals surface area contributed by atoms with E-state index in [1.54, 1.807) is 17.0 Å². The number of piperazine rings is 1. The van der Waals surface area contributed by atoms with Crippen LogP contribution in [0.3, 0.4) is 0 Å². The number of benzene rings is 1. The number of rotatable bonds is 4. The van der Waals surface area contributed by atoms with E-state index in [1.807, 2.05) is 19.2 Å². The number of carbonyl (C=O) groups excluding carboxylic acids is 1. The zero-order chi connectivity index (χ0) is 24.7. The van der Waals surface area contributed by atoms with Gasteiger partial charge in [0.25, 0.3) is 0 Å². The lowest BCUT2D eigenvalue weighted by Gasteiger charge is -2.35. The Kier molecular flexibility index (Phi) is 5.67. The Balaban J connectivity index is 1.32. The number of nitrogens with one attached hydrogen (secondary N) is 1. The molecule has 0 saturated carbocycles. The third-order valence-corrected chi connectivity index (χ3v) is 6.75. The molecule has 4 N–H and O–H groups in total. The summed E-state index contributed by atoms with van der Waals surface area (Å²) in [5, 5.41) is 14.7. The van der Waals surface area contributed by atoms with Gasteiger partial charge in [0, 0.05) is 37.2 Å². The molecule has 1 saturated heterocycles. The molecular formula is C23H25N7O4S. The first-order valence-electron chi connectivity index (χ1n) is 11.1. The number of nitrogens with zero attached hydrogens (tertiary/aromatic N) is 5. The number of urea groups is 1. The quantitative estimate of drug-likeness (QED) is 0.501. The number of hydrogen-bond acceptors (Lipinski definition) is 9. The molecule has 5 rings (SSSR count). The van der Waals surface area contributed by atoms with Crippen LogP contribution < -0.4 is 16.0 Å². The van der Waals surface area contributed by atoms with E-state index in [1.165, 1.54) is 23.5 Å². The molecule has 11 nitrogen and oxygen atoms in total. The molecule has 2 aromatic heterocycles. The number of hydrogen-bond donors (Lipinski definition) is 3. The van der Waals surface area contributed by atoms with Crippen molar-refractivity contribution in [2.45, 2.75) is 19.4 Å². The molecule has 182 valence electrons. The summed E-state index contributed by atoms with van der Waals surface area (Å²) < 4.78 is 5.88. The summed E-state index contributed by atoms with van der Waals surface area (Å²) in [5.41, 5.74) is 7.29. The highest BCUT2D eigenvalue weighted by molar-refractivity contribution is 7.17. The third kappa shape index (κ3) is 4.56. The van der Waals surface area contributed by atoms with Gasteiger partial charge >= 0.3 is 12.0 Å². The average molecular weight is 496 g/mol. The van der Waals surface area contributed by atoms with Gasteiger partial charge in [-0.2, -0.15) is 4.98 Å². The average Bonchev–Trinajstić information content (AvgIpc) is 3.41. The Hall–Kier alpha value is -3.93. The summed E-state index contributed by atoms with van der Waals surface area (Å²) in [5.74, 6) is 0.481. The highest BCUT2D eigenvalue weighted by Gasteiger charge is 2.31. The number of carbonyl (C=O) groups is 2. The highest BCUT2D eigenvalue weighted by atomic mass is 32.1. The minimum Gasteiger partial charge on any atom is -0.478 e. The van der Waals surface area contributed by atoms with Crippen LogP contribution in [0, 0.1) is 0 Å². The van der Waals surface area contributed by atoms with E-state index >= 15 is 0 Å². The van der Waals surface area contributed by atoms with Crippen LogP contribution >= 0.6 is 11.3 Å². The SMILES string of the molecule is CC1(C)COC(c2csc3nc(N)nc(N4CCN(C(=O)Nc5ccc(C(=O)O)cc5)CC4)c23)=N1. The van der Waals surface area contributed by atoms with Gasteiger partial charge in [-0.1, -0.05) is 0 Å². The molecule has 0 atom stereocenters. The monoisotopic (exact) mass is 495 g/mol. The van der Waals surface area contributed by atoms with Gasteiger partial charge in [-0.3, -0.25) is 0 Å². The van der Waals surface area contributed by atoms with Crippen LogP contribution in [-0.2, 0) is 4.74 Å². The van der Waals surface area contributed by atoms with Crippen molar-refractivity contribution in [2.24, 2.45) is 4.99 Å². The summed E-state index contributed by atoms with van der Waals surface area (Å²) in [7, 11) is 0. The molecule has 0 unspecified atom stereocenters. The zero-order valence-electron chi connectivity index (χ0n) is 19.3. The van der Waals surface area contributed by atoms with Crippen molar-refractivity contribution in [3.63, 3.8) is 0 Å². The molecule has 2 amide bonds. The second-order valence-electron chi connectivity index (χ2n) is 9.04. The van der Waals surface area contributed by atoms with E-state index in [0.717, 1.165) is 15.8 Å². The smallest absolute Gasteiger partial charge is 0.335 e. The standard InChI is InChI=1S/C23H25N7O4S/c1-23(2)12-34-18(28-23)15-11-35-19-16(15)17(26-21(24)27-19)29-7-9-30(10-8-29)22(33)25-14-5-3-13(4-6-14)20(31)32/h3-6,11H,7-10,12H2,1-2H3,(H,25,33)(H,31,32)(H2,24,26,27). The molecular weight excluding hydrogens is 470 g/mol. The highest BCUT2D eigenvalue weighted by Crippen LogP contribution is 2.35. The van der Waals surface area contributed by atoms with Crippen molar-refractivity contribution in [3.8, 4) is 0 Å². The van der Waals surface area contributed by atoms with Gasteiger partial charge < -0.3 is 30.7 Å². The molecule has 0 aliphatic carbocycles. The Morgan fingerprint density at radius 3 is 2.49 bits per heavy atom. The van der Waals surface area contributed by atoms with Crippen LogP contribution in [0.5, 0.6) is 0 Å². The predicted molar refractivity (Wildman–Crippen MR) is 135 cm³/mol. The molecule has 0 radical (unpaired) electrons. The van der Waals surface area contributed by atoms with Crippen molar-refractivity contribution >= 4 is 56.9 Å². The topological polar surface area (TPSA) is 146 Å². The number of aromatic nitrogens is 2. The van der Waals surface area contributed by atoms with Gasteiger partial charge in [-0.05, 0) is 38.1 Å². The van der Waals surface area contributed by atoms with Crippen molar-refractivity contribution in [3.05, 3.63) is 40.8 Å². The Labute approximate surface area is 205 Å². The van der Waals surface area contributed by atoms with Gasteiger partial charge in [0.2, 0.25) is 11.8 Å². The van der Waals surface area contributed by atoms with Crippen LogP contribution in [0.15, 0.2) is 34.6 Å². The number of thiophene rings is 1. The van der Waals surface area contributed by atoms with Crippen LogP contribution in [0.1, 0.15) is 29.8 Å². The fraction of sp³-hybridized carbons (Fsp3) is 0.348. The minimum absolute atomic E-state index is 0.164. The maximum atomic E-state index is 12.7. The van der Waals surface area contributed by atoms with Gasteiger partial charge in [-0.15, -0.1) is 11.3 Å². The van der Waals surface area contributed by atoms with E-state index < -0.39 is 5.97 Å². The number of nitrogen functional groups attached to an aromatic ring is 1. The molecule has 12 heteroatoms. The number of ether oxygens (including phenoxy) is 1. The minimum atomic E-state index is -1.01. The lowest BCUT2D eigenvalue weighted by atomic mass is 10.1. The van der Waals surface area contributed by atoms with E-state index in [9.17, 15) is 9.59 Å². The molecule has 2 aliphatic rings. The number of fused-ring (bicyclic) bond motifs is 1. The molecule has 1 fully saturated rings. The summed E-state index contributed by atoms with van der Waals surface area (Å²) in [4.78, 5) is 42.0. The summed E-state index contributed by atoms with van der Waals surface area (Å²) in [6.45, 7) is 6.64. The van der Waals surface area contributed by atoms with Crippen LogP contribution in [-0.4, -0.2) is 76.2 Å².